The lowest BCUT2D eigenvalue weighted by molar-refractivity contribution is -0.120. The average Bonchev–Trinajstić information content (AvgIpc) is 2.93. The third-order valence-electron chi connectivity index (χ3n) is 6.13. The fourth-order valence-electron chi connectivity index (χ4n) is 5.30. The summed E-state index contributed by atoms with van der Waals surface area (Å²) in [6.45, 7) is 0.839. The molecule has 21 heavy (non-hydrogen) atoms. The fraction of sp³-hybridized carbons (Fsp3) is 0.588. The molecule has 2 bridgehead atoms. The van der Waals surface area contributed by atoms with Crippen LogP contribution in [-0.4, -0.2) is 18.2 Å². The van der Waals surface area contributed by atoms with Gasteiger partial charge in [-0.1, -0.05) is 0 Å². The molecule has 2 N–H and O–H groups in total. The Hall–Kier alpha value is -1.16. The molecule has 1 aromatic rings. The monoisotopic (exact) mass is 300 g/mol. The van der Waals surface area contributed by atoms with Gasteiger partial charge in [0, 0.05) is 28.8 Å². The van der Waals surface area contributed by atoms with E-state index in [4.69, 9.17) is 5.73 Å². The molecule has 3 saturated carbocycles. The van der Waals surface area contributed by atoms with Crippen molar-refractivity contribution in [2.45, 2.75) is 24.2 Å². The zero-order chi connectivity index (χ0) is 14.1. The highest BCUT2D eigenvalue weighted by Crippen LogP contribution is 2.69. The summed E-state index contributed by atoms with van der Waals surface area (Å²) < 4.78 is 0. The summed E-state index contributed by atoms with van der Waals surface area (Å²) in [7, 11) is 0. The van der Waals surface area contributed by atoms with Gasteiger partial charge in [0.1, 0.15) is 0 Å². The molecule has 0 radical (unpaired) electrons. The Morgan fingerprint density at radius 3 is 2.76 bits per heavy atom. The first kappa shape index (κ1) is 12.4. The Labute approximate surface area is 129 Å². The maximum absolute atomic E-state index is 13.0. The first-order chi connectivity index (χ1) is 10.2. The van der Waals surface area contributed by atoms with Crippen LogP contribution in [0.25, 0.3) is 0 Å². The van der Waals surface area contributed by atoms with Crippen molar-refractivity contribution in [1.82, 2.24) is 0 Å². The lowest BCUT2D eigenvalue weighted by Crippen LogP contribution is -2.37. The SMILES string of the molecule is Nc1ccc2c(c1)N(C(=O)C1C3C4CCC(C4)C13)CCS2. The maximum atomic E-state index is 13.0. The van der Waals surface area contributed by atoms with Crippen LogP contribution in [0.2, 0.25) is 0 Å². The van der Waals surface area contributed by atoms with E-state index in [1.165, 1.54) is 24.2 Å². The molecule has 0 aromatic heterocycles. The van der Waals surface area contributed by atoms with Crippen molar-refractivity contribution < 1.29 is 4.79 Å². The number of benzene rings is 1. The van der Waals surface area contributed by atoms with Crippen molar-refractivity contribution in [2.75, 3.05) is 22.9 Å². The third-order valence-corrected chi connectivity index (χ3v) is 7.18. The van der Waals surface area contributed by atoms with Crippen molar-refractivity contribution in [3.63, 3.8) is 0 Å². The molecule has 4 aliphatic rings. The second-order valence-corrected chi connectivity index (χ2v) is 8.22. The minimum absolute atomic E-state index is 0.327. The van der Waals surface area contributed by atoms with Gasteiger partial charge in [-0.05, 0) is 61.1 Å². The molecule has 4 atom stereocenters. The summed E-state index contributed by atoms with van der Waals surface area (Å²) in [4.78, 5) is 16.3. The van der Waals surface area contributed by atoms with Crippen molar-refractivity contribution >= 4 is 29.0 Å². The summed E-state index contributed by atoms with van der Waals surface area (Å²) in [5, 5.41) is 0. The van der Waals surface area contributed by atoms with E-state index in [-0.39, 0.29) is 0 Å². The quantitative estimate of drug-likeness (QED) is 0.811. The number of amides is 1. The first-order valence-electron chi connectivity index (χ1n) is 8.08. The third kappa shape index (κ3) is 1.65. The Balaban J connectivity index is 1.45. The molecule has 4 heteroatoms. The van der Waals surface area contributed by atoms with Crippen LogP contribution in [0.15, 0.2) is 23.1 Å². The van der Waals surface area contributed by atoms with Gasteiger partial charge in [0.05, 0.1) is 5.69 Å². The Morgan fingerprint density at radius 2 is 2.00 bits per heavy atom. The van der Waals surface area contributed by atoms with Gasteiger partial charge in [-0.25, -0.2) is 0 Å². The van der Waals surface area contributed by atoms with E-state index in [2.05, 4.69) is 6.07 Å². The van der Waals surface area contributed by atoms with Gasteiger partial charge in [-0.3, -0.25) is 4.79 Å². The normalized spacial score (nSPS) is 39.0. The number of nitrogens with zero attached hydrogens (tertiary/aromatic N) is 1. The van der Waals surface area contributed by atoms with E-state index < -0.39 is 0 Å². The summed E-state index contributed by atoms with van der Waals surface area (Å²) in [6.07, 6.45) is 4.14. The van der Waals surface area contributed by atoms with E-state index in [1.54, 1.807) is 0 Å². The Morgan fingerprint density at radius 1 is 1.24 bits per heavy atom. The van der Waals surface area contributed by atoms with Gasteiger partial charge in [0.2, 0.25) is 5.91 Å². The van der Waals surface area contributed by atoms with Crippen LogP contribution in [0.5, 0.6) is 0 Å². The van der Waals surface area contributed by atoms with Crippen LogP contribution in [0.3, 0.4) is 0 Å². The Kier molecular flexibility index (Phi) is 2.47. The molecule has 4 unspecified atom stereocenters. The van der Waals surface area contributed by atoms with Gasteiger partial charge in [0.15, 0.2) is 0 Å². The highest BCUT2D eigenvalue weighted by atomic mass is 32.2. The molecular formula is C17H20N2OS. The van der Waals surface area contributed by atoms with Gasteiger partial charge < -0.3 is 10.6 Å². The molecule has 1 heterocycles. The molecule has 0 spiro atoms. The maximum Gasteiger partial charge on any atom is 0.230 e. The smallest absolute Gasteiger partial charge is 0.230 e. The first-order valence-corrected chi connectivity index (χ1v) is 9.06. The van der Waals surface area contributed by atoms with Crippen LogP contribution in [0, 0.1) is 29.6 Å². The number of hydrogen-bond acceptors (Lipinski definition) is 3. The zero-order valence-electron chi connectivity index (χ0n) is 12.0. The molecule has 3 fully saturated rings. The van der Waals surface area contributed by atoms with Gasteiger partial charge in [-0.15, -0.1) is 11.8 Å². The summed E-state index contributed by atoms with van der Waals surface area (Å²) >= 11 is 1.84. The summed E-state index contributed by atoms with van der Waals surface area (Å²) in [5.74, 6) is 4.85. The lowest BCUT2D eigenvalue weighted by atomic mass is 10.0. The largest absolute Gasteiger partial charge is 0.399 e. The second kappa shape index (κ2) is 4.19. The van der Waals surface area contributed by atoms with Crippen LogP contribution in [0.4, 0.5) is 11.4 Å². The summed E-state index contributed by atoms with van der Waals surface area (Å²) in [6, 6.07) is 5.98. The predicted molar refractivity (Wildman–Crippen MR) is 85.2 cm³/mol. The van der Waals surface area contributed by atoms with Crippen LogP contribution < -0.4 is 10.6 Å². The molecule has 3 nitrogen and oxygen atoms in total. The van der Waals surface area contributed by atoms with Crippen molar-refractivity contribution in [3.05, 3.63) is 18.2 Å². The molecule has 0 saturated heterocycles. The average molecular weight is 300 g/mol. The molecule has 1 aromatic carbocycles. The Bertz CT molecular complexity index is 615. The fourth-order valence-corrected chi connectivity index (χ4v) is 6.27. The number of thioether (sulfide) groups is 1. The second-order valence-electron chi connectivity index (χ2n) is 7.08. The van der Waals surface area contributed by atoms with E-state index in [0.717, 1.165) is 47.3 Å². The topological polar surface area (TPSA) is 46.3 Å². The molecular weight excluding hydrogens is 280 g/mol. The number of hydrogen-bond donors (Lipinski definition) is 1. The van der Waals surface area contributed by atoms with Crippen LogP contribution in [0.1, 0.15) is 19.3 Å². The molecule has 1 aliphatic heterocycles. The molecule has 3 aliphatic carbocycles. The molecule has 110 valence electrons. The van der Waals surface area contributed by atoms with Gasteiger partial charge in [-0.2, -0.15) is 0 Å². The number of fused-ring (bicyclic) bond motifs is 6. The standard InChI is InChI=1S/C17H20N2OS/c18-11-3-4-13-12(8-11)19(5-6-21-13)17(20)16-14-9-1-2-10(7-9)15(14)16/h3-4,8-10,14-16H,1-2,5-7,18H2. The van der Waals surface area contributed by atoms with Crippen LogP contribution >= 0.6 is 11.8 Å². The van der Waals surface area contributed by atoms with Crippen molar-refractivity contribution in [3.8, 4) is 0 Å². The van der Waals surface area contributed by atoms with E-state index >= 15 is 0 Å². The highest BCUT2D eigenvalue weighted by Gasteiger charge is 2.68. The number of carbonyl (C=O) groups is 1. The number of carbonyl (C=O) groups excluding carboxylic acids is 1. The van der Waals surface area contributed by atoms with E-state index in [1.807, 2.05) is 28.8 Å². The minimum Gasteiger partial charge on any atom is -0.399 e. The number of nitrogens with two attached hydrogens (primary N) is 1. The van der Waals surface area contributed by atoms with Gasteiger partial charge >= 0.3 is 0 Å². The minimum atomic E-state index is 0.327. The number of anilines is 2. The predicted octanol–water partition coefficient (Wildman–Crippen LogP) is 3.00. The molecule has 1 amide bonds. The van der Waals surface area contributed by atoms with E-state index in [9.17, 15) is 4.79 Å². The van der Waals surface area contributed by atoms with Crippen molar-refractivity contribution in [1.29, 1.82) is 0 Å². The number of nitrogen functional groups attached to an aromatic ring is 1. The zero-order valence-corrected chi connectivity index (χ0v) is 12.8. The number of rotatable bonds is 1. The highest BCUT2D eigenvalue weighted by molar-refractivity contribution is 7.99. The van der Waals surface area contributed by atoms with E-state index in [0.29, 0.717) is 11.8 Å². The van der Waals surface area contributed by atoms with Crippen LogP contribution in [-0.2, 0) is 4.79 Å². The summed E-state index contributed by atoms with van der Waals surface area (Å²) in [5.41, 5.74) is 7.74. The van der Waals surface area contributed by atoms with Gasteiger partial charge in [0.25, 0.3) is 0 Å². The van der Waals surface area contributed by atoms with Crippen molar-refractivity contribution in [2.24, 2.45) is 29.6 Å². The lowest BCUT2D eigenvalue weighted by Gasteiger charge is -2.30. The molecule has 5 rings (SSSR count).